The minimum Gasteiger partial charge on any atom is -0.419 e. The topological polar surface area (TPSA) is 63.4 Å². The van der Waals surface area contributed by atoms with E-state index in [9.17, 15) is 12.8 Å². The first-order valence-corrected chi connectivity index (χ1v) is 10.8. The van der Waals surface area contributed by atoms with E-state index in [1.165, 1.54) is 24.3 Å². The lowest BCUT2D eigenvalue weighted by Gasteiger charge is -2.14. The van der Waals surface area contributed by atoms with Crippen LogP contribution in [0, 0.1) is 5.82 Å². The van der Waals surface area contributed by atoms with E-state index in [0.29, 0.717) is 13.1 Å². The van der Waals surface area contributed by atoms with E-state index < -0.39 is 15.7 Å². The summed E-state index contributed by atoms with van der Waals surface area (Å²) in [6, 6.07) is 12.3. The van der Waals surface area contributed by atoms with Gasteiger partial charge in [-0.05, 0) is 49.2 Å². The molecule has 0 aliphatic carbocycles. The number of hydrogen-bond acceptors (Lipinski definition) is 5. The van der Waals surface area contributed by atoms with Crippen molar-refractivity contribution < 1.29 is 17.2 Å². The molecule has 0 N–H and O–H groups in total. The minimum atomic E-state index is -3.91. The number of sulfone groups is 1. The summed E-state index contributed by atoms with van der Waals surface area (Å²) in [5.74, 6) is -0.376. The van der Waals surface area contributed by atoms with Gasteiger partial charge in [0.1, 0.15) is 5.82 Å². The average Bonchev–Trinajstić information content (AvgIpc) is 3.32. The maximum atomic E-state index is 14.2. The van der Waals surface area contributed by atoms with E-state index in [4.69, 9.17) is 4.42 Å². The maximum absolute atomic E-state index is 14.2. The molecule has 0 bridgehead atoms. The minimum absolute atomic E-state index is 0.0364. The van der Waals surface area contributed by atoms with Gasteiger partial charge in [-0.2, -0.15) is 4.98 Å². The van der Waals surface area contributed by atoms with Crippen LogP contribution in [0.25, 0.3) is 11.5 Å². The van der Waals surface area contributed by atoms with Crippen LogP contribution in [0.3, 0.4) is 0 Å². The molecule has 0 unspecified atom stereocenters. The van der Waals surface area contributed by atoms with Crippen LogP contribution in [0.2, 0.25) is 0 Å². The van der Waals surface area contributed by atoms with Crippen molar-refractivity contribution in [2.45, 2.75) is 22.8 Å². The number of aromatic nitrogens is 1. The molecule has 2 heterocycles. The quantitative estimate of drug-likeness (QED) is 0.577. The van der Waals surface area contributed by atoms with Gasteiger partial charge in [0, 0.05) is 17.6 Å². The van der Waals surface area contributed by atoms with Gasteiger partial charge in [-0.25, -0.2) is 12.8 Å². The highest BCUT2D eigenvalue weighted by molar-refractivity contribution is 9.10. The number of anilines is 1. The molecule has 1 aliphatic rings. The van der Waals surface area contributed by atoms with Gasteiger partial charge in [0.05, 0.1) is 10.5 Å². The Hall–Kier alpha value is -2.19. The van der Waals surface area contributed by atoms with Crippen molar-refractivity contribution >= 4 is 31.7 Å². The standard InChI is InChI=1S/C19H16BrFN2O3S/c20-13-7-9-14(10-8-13)27(24,25)18-19(23-11-3-4-12-23)26-17(22-18)15-5-1-2-6-16(15)21/h1-2,5-10H,3-4,11-12H2. The monoisotopic (exact) mass is 450 g/mol. The normalized spacial score (nSPS) is 14.7. The summed E-state index contributed by atoms with van der Waals surface area (Å²) in [4.78, 5) is 6.17. The average molecular weight is 451 g/mol. The van der Waals surface area contributed by atoms with Gasteiger partial charge in [-0.15, -0.1) is 0 Å². The molecule has 5 nitrogen and oxygen atoms in total. The van der Waals surface area contributed by atoms with Crippen LogP contribution in [0.4, 0.5) is 10.3 Å². The third-order valence-corrected chi connectivity index (χ3v) is 6.65. The summed E-state index contributed by atoms with van der Waals surface area (Å²) in [7, 11) is -3.91. The highest BCUT2D eigenvalue weighted by atomic mass is 79.9. The zero-order chi connectivity index (χ0) is 19.0. The summed E-state index contributed by atoms with van der Waals surface area (Å²) < 4.78 is 47.1. The second kappa shape index (κ2) is 7.09. The fourth-order valence-corrected chi connectivity index (χ4v) is 4.65. The first kappa shape index (κ1) is 18.2. The molecule has 27 heavy (non-hydrogen) atoms. The van der Waals surface area contributed by atoms with Crippen molar-refractivity contribution in [2.24, 2.45) is 0 Å². The largest absolute Gasteiger partial charge is 0.419 e. The summed E-state index contributed by atoms with van der Waals surface area (Å²) in [6.07, 6.45) is 1.88. The highest BCUT2D eigenvalue weighted by Gasteiger charge is 2.32. The maximum Gasteiger partial charge on any atom is 0.236 e. The fourth-order valence-electron chi connectivity index (χ4n) is 3.07. The summed E-state index contributed by atoms with van der Waals surface area (Å²) in [5.41, 5.74) is 0.134. The molecular formula is C19H16BrFN2O3S. The predicted molar refractivity (Wildman–Crippen MR) is 103 cm³/mol. The van der Waals surface area contributed by atoms with Crippen LogP contribution in [-0.2, 0) is 9.84 Å². The molecule has 0 spiro atoms. The van der Waals surface area contributed by atoms with E-state index in [1.807, 2.05) is 4.90 Å². The van der Waals surface area contributed by atoms with Crippen molar-refractivity contribution in [1.29, 1.82) is 0 Å². The Bertz CT molecular complexity index is 1070. The van der Waals surface area contributed by atoms with E-state index in [0.717, 1.165) is 17.3 Å². The second-order valence-corrected chi connectivity index (χ2v) is 9.04. The highest BCUT2D eigenvalue weighted by Crippen LogP contribution is 2.36. The molecule has 4 rings (SSSR count). The Kier molecular flexibility index (Phi) is 4.77. The van der Waals surface area contributed by atoms with E-state index >= 15 is 0 Å². The van der Waals surface area contributed by atoms with Crippen LogP contribution >= 0.6 is 15.9 Å². The Balaban J connectivity index is 1.88. The van der Waals surface area contributed by atoms with Crippen LogP contribution in [0.15, 0.2) is 67.3 Å². The number of oxazole rings is 1. The van der Waals surface area contributed by atoms with Gasteiger partial charge >= 0.3 is 0 Å². The Morgan fingerprint density at radius 1 is 1.04 bits per heavy atom. The summed E-state index contributed by atoms with van der Waals surface area (Å²) in [5, 5.41) is -0.176. The van der Waals surface area contributed by atoms with Crippen molar-refractivity contribution in [3.63, 3.8) is 0 Å². The smallest absolute Gasteiger partial charge is 0.236 e. The molecule has 140 valence electrons. The summed E-state index contributed by atoms with van der Waals surface area (Å²) >= 11 is 3.30. The molecular weight excluding hydrogens is 435 g/mol. The molecule has 0 radical (unpaired) electrons. The Labute approximate surface area is 164 Å². The number of rotatable bonds is 4. The van der Waals surface area contributed by atoms with Crippen LogP contribution < -0.4 is 4.90 Å². The lowest BCUT2D eigenvalue weighted by molar-refractivity contribution is 0.548. The van der Waals surface area contributed by atoms with Gasteiger partial charge < -0.3 is 9.32 Å². The number of nitrogens with zero attached hydrogens (tertiary/aromatic N) is 2. The molecule has 0 saturated carbocycles. The number of halogens is 2. The first-order valence-electron chi connectivity index (χ1n) is 8.48. The van der Waals surface area contributed by atoms with Crippen LogP contribution in [0.5, 0.6) is 0 Å². The second-order valence-electron chi connectivity index (χ2n) is 6.26. The van der Waals surface area contributed by atoms with E-state index in [-0.39, 0.29) is 27.3 Å². The van der Waals surface area contributed by atoms with Gasteiger partial charge in [0.15, 0.2) is 0 Å². The zero-order valence-electron chi connectivity index (χ0n) is 14.2. The lowest BCUT2D eigenvalue weighted by Crippen LogP contribution is -2.19. The first-order chi connectivity index (χ1) is 13.0. The Morgan fingerprint density at radius 3 is 2.37 bits per heavy atom. The third-order valence-electron chi connectivity index (χ3n) is 4.46. The molecule has 0 atom stereocenters. The summed E-state index contributed by atoms with van der Waals surface area (Å²) in [6.45, 7) is 1.35. The molecule has 1 aromatic heterocycles. The number of hydrogen-bond donors (Lipinski definition) is 0. The molecule has 0 amide bonds. The van der Waals surface area contributed by atoms with Crippen LogP contribution in [-0.4, -0.2) is 26.5 Å². The third kappa shape index (κ3) is 3.39. The molecule has 1 saturated heterocycles. The van der Waals surface area contributed by atoms with E-state index in [2.05, 4.69) is 20.9 Å². The van der Waals surface area contributed by atoms with Crippen molar-refractivity contribution in [2.75, 3.05) is 18.0 Å². The lowest BCUT2D eigenvalue weighted by atomic mass is 10.2. The molecule has 8 heteroatoms. The molecule has 2 aromatic carbocycles. The van der Waals surface area contributed by atoms with Gasteiger partial charge in [0.25, 0.3) is 0 Å². The van der Waals surface area contributed by atoms with Crippen molar-refractivity contribution in [3.8, 4) is 11.5 Å². The zero-order valence-corrected chi connectivity index (χ0v) is 16.6. The number of benzene rings is 2. The van der Waals surface area contributed by atoms with Crippen molar-refractivity contribution in [1.82, 2.24) is 4.98 Å². The SMILES string of the molecule is O=S(=O)(c1ccc(Br)cc1)c1nc(-c2ccccc2F)oc1N1CCCC1. The predicted octanol–water partition coefficient (Wildman–Crippen LogP) is 4.68. The Morgan fingerprint density at radius 2 is 1.70 bits per heavy atom. The molecule has 3 aromatic rings. The van der Waals surface area contributed by atoms with Crippen LogP contribution in [0.1, 0.15) is 12.8 Å². The molecule has 1 aliphatic heterocycles. The van der Waals surface area contributed by atoms with Crippen molar-refractivity contribution in [3.05, 3.63) is 58.8 Å². The van der Waals surface area contributed by atoms with E-state index in [1.54, 1.807) is 24.3 Å². The van der Waals surface area contributed by atoms with Gasteiger partial charge in [-0.3, -0.25) is 0 Å². The molecule has 1 fully saturated rings. The fraction of sp³-hybridized carbons (Fsp3) is 0.211. The van der Waals surface area contributed by atoms with Gasteiger partial charge in [0.2, 0.25) is 26.6 Å². The van der Waals surface area contributed by atoms with Gasteiger partial charge in [-0.1, -0.05) is 28.1 Å².